The number of nitrogens with one attached hydrogen (secondary N) is 2. The molecule has 9 heteroatoms. The third-order valence-corrected chi connectivity index (χ3v) is 4.41. The van der Waals surface area contributed by atoms with E-state index < -0.39 is 11.7 Å². The predicted octanol–water partition coefficient (Wildman–Crippen LogP) is 3.08. The summed E-state index contributed by atoms with van der Waals surface area (Å²) in [6, 6.07) is 8.83. The number of hydrogen-bond donors (Lipinski definition) is 2. The van der Waals surface area contributed by atoms with E-state index in [1.54, 1.807) is 18.2 Å². The zero-order chi connectivity index (χ0) is 21.5. The van der Waals surface area contributed by atoms with Crippen LogP contribution in [0.15, 0.2) is 48.7 Å². The van der Waals surface area contributed by atoms with Crippen LogP contribution < -0.4 is 24.8 Å². The maximum Gasteiger partial charge on any atom is 0.257 e. The molecule has 0 radical (unpaired) electrons. The molecule has 0 saturated heterocycles. The van der Waals surface area contributed by atoms with Gasteiger partial charge in [-0.3, -0.25) is 9.59 Å². The summed E-state index contributed by atoms with van der Waals surface area (Å²) in [7, 11) is 0. The molecule has 2 aromatic carbocycles. The first-order valence-electron chi connectivity index (χ1n) is 9.15. The maximum absolute atomic E-state index is 13.3. The van der Waals surface area contributed by atoms with Crippen molar-refractivity contribution >= 4 is 23.4 Å². The van der Waals surface area contributed by atoms with E-state index >= 15 is 0 Å². The summed E-state index contributed by atoms with van der Waals surface area (Å²) in [5, 5.41) is 5.29. The molecular formula is C21H20ClFN2O5. The molecule has 0 fully saturated rings. The molecule has 0 saturated carbocycles. The lowest BCUT2D eigenvalue weighted by atomic mass is 10.1. The highest BCUT2D eigenvalue weighted by atomic mass is 35.5. The molecule has 0 bridgehead atoms. The highest BCUT2D eigenvalue weighted by molar-refractivity contribution is 6.30. The molecule has 0 aliphatic carbocycles. The second kappa shape index (κ2) is 9.98. The molecule has 2 N–H and O–H groups in total. The SMILES string of the molecule is C=C(CCNC(=O)COc1ccc(Cl)c(F)c1)NC(=O)c1ccc2c(c1)OCCO2. The van der Waals surface area contributed by atoms with E-state index in [-0.39, 0.29) is 29.8 Å². The lowest BCUT2D eigenvalue weighted by Gasteiger charge is -2.18. The fourth-order valence-electron chi connectivity index (χ4n) is 2.60. The van der Waals surface area contributed by atoms with E-state index in [4.69, 9.17) is 25.8 Å². The van der Waals surface area contributed by atoms with Crippen molar-refractivity contribution < 1.29 is 28.2 Å². The molecule has 2 aromatic rings. The van der Waals surface area contributed by atoms with Gasteiger partial charge in [0.2, 0.25) is 0 Å². The summed E-state index contributed by atoms with van der Waals surface area (Å²) in [5.74, 6) is -0.0363. The third-order valence-electron chi connectivity index (χ3n) is 4.10. The topological polar surface area (TPSA) is 85.9 Å². The first-order chi connectivity index (χ1) is 14.4. The van der Waals surface area contributed by atoms with Gasteiger partial charge in [-0.2, -0.15) is 0 Å². The predicted molar refractivity (Wildman–Crippen MR) is 109 cm³/mol. The van der Waals surface area contributed by atoms with Gasteiger partial charge in [0, 0.05) is 30.3 Å². The van der Waals surface area contributed by atoms with E-state index in [0.29, 0.717) is 42.4 Å². The Morgan fingerprint density at radius 3 is 2.67 bits per heavy atom. The van der Waals surface area contributed by atoms with Gasteiger partial charge in [-0.05, 0) is 30.3 Å². The second-order valence-electron chi connectivity index (χ2n) is 6.38. The van der Waals surface area contributed by atoms with Gasteiger partial charge < -0.3 is 24.8 Å². The monoisotopic (exact) mass is 434 g/mol. The highest BCUT2D eigenvalue weighted by Crippen LogP contribution is 2.30. The van der Waals surface area contributed by atoms with Crippen molar-refractivity contribution in [3.05, 3.63) is 65.1 Å². The number of halogens is 2. The van der Waals surface area contributed by atoms with Crippen LogP contribution in [-0.4, -0.2) is 38.2 Å². The van der Waals surface area contributed by atoms with Gasteiger partial charge in [-0.1, -0.05) is 18.2 Å². The van der Waals surface area contributed by atoms with Crippen LogP contribution in [-0.2, 0) is 4.79 Å². The van der Waals surface area contributed by atoms with Crippen LogP contribution in [0.1, 0.15) is 16.8 Å². The number of fused-ring (bicyclic) bond motifs is 1. The highest BCUT2D eigenvalue weighted by Gasteiger charge is 2.15. The molecule has 0 aromatic heterocycles. The number of amides is 2. The molecule has 0 atom stereocenters. The van der Waals surface area contributed by atoms with Crippen molar-refractivity contribution in [3.63, 3.8) is 0 Å². The average molecular weight is 435 g/mol. The normalized spacial score (nSPS) is 12.1. The van der Waals surface area contributed by atoms with Crippen molar-refractivity contribution in [3.8, 4) is 17.2 Å². The van der Waals surface area contributed by atoms with E-state index in [2.05, 4.69) is 17.2 Å². The summed E-state index contributed by atoms with van der Waals surface area (Å²) >= 11 is 5.59. The van der Waals surface area contributed by atoms with Crippen LogP contribution >= 0.6 is 11.6 Å². The molecular weight excluding hydrogens is 415 g/mol. The Labute approximate surface area is 177 Å². The number of benzene rings is 2. The molecule has 2 amide bonds. The molecule has 30 heavy (non-hydrogen) atoms. The molecule has 3 rings (SSSR count). The lowest BCUT2D eigenvalue weighted by molar-refractivity contribution is -0.123. The first-order valence-corrected chi connectivity index (χ1v) is 9.53. The average Bonchev–Trinajstić information content (AvgIpc) is 2.74. The zero-order valence-corrected chi connectivity index (χ0v) is 16.8. The molecule has 0 spiro atoms. The first kappa shape index (κ1) is 21.4. The van der Waals surface area contributed by atoms with Crippen LogP contribution in [0.3, 0.4) is 0 Å². The van der Waals surface area contributed by atoms with E-state index in [1.165, 1.54) is 12.1 Å². The minimum absolute atomic E-state index is 0.0244. The Morgan fingerprint density at radius 1 is 1.13 bits per heavy atom. The Bertz CT molecular complexity index is 966. The number of rotatable bonds is 8. The minimum Gasteiger partial charge on any atom is -0.486 e. The number of ether oxygens (including phenoxy) is 3. The molecule has 1 heterocycles. The third kappa shape index (κ3) is 5.87. The van der Waals surface area contributed by atoms with Gasteiger partial charge in [0.05, 0.1) is 5.02 Å². The fourth-order valence-corrected chi connectivity index (χ4v) is 2.72. The number of carbonyl (C=O) groups is 2. The Hall–Kier alpha value is -3.26. The summed E-state index contributed by atoms with van der Waals surface area (Å²) in [4.78, 5) is 24.2. The molecule has 158 valence electrons. The van der Waals surface area contributed by atoms with Gasteiger partial charge in [-0.25, -0.2) is 4.39 Å². The fraction of sp³-hybridized carbons (Fsp3) is 0.238. The Morgan fingerprint density at radius 2 is 1.90 bits per heavy atom. The van der Waals surface area contributed by atoms with Gasteiger partial charge in [0.15, 0.2) is 18.1 Å². The van der Waals surface area contributed by atoms with Gasteiger partial charge in [0.1, 0.15) is 24.8 Å². The Balaban J connectivity index is 1.38. The lowest BCUT2D eigenvalue weighted by Crippen LogP contribution is -2.31. The summed E-state index contributed by atoms with van der Waals surface area (Å²) in [5.41, 5.74) is 0.851. The second-order valence-corrected chi connectivity index (χ2v) is 6.79. The van der Waals surface area contributed by atoms with E-state index in [9.17, 15) is 14.0 Å². The summed E-state index contributed by atoms with van der Waals surface area (Å²) in [6.45, 7) is 4.66. The van der Waals surface area contributed by atoms with Crippen LogP contribution in [0.25, 0.3) is 0 Å². The summed E-state index contributed by atoms with van der Waals surface area (Å²) < 4.78 is 29.4. The molecule has 0 unspecified atom stereocenters. The number of carbonyl (C=O) groups excluding carboxylic acids is 2. The molecule has 7 nitrogen and oxygen atoms in total. The van der Waals surface area contributed by atoms with Crippen molar-refractivity contribution in [1.82, 2.24) is 10.6 Å². The van der Waals surface area contributed by atoms with Crippen LogP contribution in [0.5, 0.6) is 17.2 Å². The molecule has 1 aliphatic heterocycles. The van der Waals surface area contributed by atoms with Crippen LogP contribution in [0, 0.1) is 5.82 Å². The van der Waals surface area contributed by atoms with Crippen molar-refractivity contribution in [2.75, 3.05) is 26.4 Å². The molecule has 1 aliphatic rings. The number of hydrogen-bond acceptors (Lipinski definition) is 5. The van der Waals surface area contributed by atoms with Crippen LogP contribution in [0.4, 0.5) is 4.39 Å². The van der Waals surface area contributed by atoms with Crippen molar-refractivity contribution in [2.45, 2.75) is 6.42 Å². The Kier molecular flexibility index (Phi) is 7.13. The van der Waals surface area contributed by atoms with Crippen molar-refractivity contribution in [1.29, 1.82) is 0 Å². The maximum atomic E-state index is 13.3. The largest absolute Gasteiger partial charge is 0.486 e. The van der Waals surface area contributed by atoms with Gasteiger partial charge >= 0.3 is 0 Å². The zero-order valence-electron chi connectivity index (χ0n) is 16.0. The smallest absolute Gasteiger partial charge is 0.257 e. The van der Waals surface area contributed by atoms with Crippen molar-refractivity contribution in [2.24, 2.45) is 0 Å². The quantitative estimate of drug-likeness (QED) is 0.667. The van der Waals surface area contributed by atoms with Gasteiger partial charge in [-0.15, -0.1) is 0 Å². The standard InChI is InChI=1S/C21H20ClFN2O5/c1-13(25-21(27)14-2-5-18-19(10-14)29-9-8-28-18)6-7-24-20(26)12-30-15-3-4-16(22)17(23)11-15/h2-5,10-11H,1,6-9,12H2,(H,24,26)(H,25,27). The minimum atomic E-state index is -0.625. The van der Waals surface area contributed by atoms with E-state index in [0.717, 1.165) is 6.07 Å². The summed E-state index contributed by atoms with van der Waals surface area (Å²) in [6.07, 6.45) is 0.331. The van der Waals surface area contributed by atoms with Gasteiger partial charge in [0.25, 0.3) is 11.8 Å². The van der Waals surface area contributed by atoms with Crippen LogP contribution in [0.2, 0.25) is 5.02 Å². The van der Waals surface area contributed by atoms with E-state index in [1.807, 2.05) is 0 Å².